The molecule has 1 unspecified atom stereocenters. The molecule has 0 spiro atoms. The lowest BCUT2D eigenvalue weighted by Gasteiger charge is -2.43. The largest absolute Gasteiger partial charge is 0.353 e. The van der Waals surface area contributed by atoms with Gasteiger partial charge in [-0.3, -0.25) is 14.5 Å². The van der Waals surface area contributed by atoms with Crippen LogP contribution in [-0.4, -0.2) is 40.3 Å². The number of piperazine rings is 1. The summed E-state index contributed by atoms with van der Waals surface area (Å²) < 4.78 is 0. The predicted molar refractivity (Wildman–Crippen MR) is 83.2 cm³/mol. The van der Waals surface area contributed by atoms with Crippen molar-refractivity contribution >= 4 is 28.3 Å². The van der Waals surface area contributed by atoms with E-state index in [0.29, 0.717) is 18.2 Å². The average Bonchev–Trinajstić information content (AvgIpc) is 2.82. The van der Waals surface area contributed by atoms with Gasteiger partial charge in [-0.05, 0) is 13.3 Å². The van der Waals surface area contributed by atoms with Crippen molar-refractivity contribution in [2.45, 2.75) is 45.7 Å². The summed E-state index contributed by atoms with van der Waals surface area (Å²) in [6.07, 6.45) is 1.77. The van der Waals surface area contributed by atoms with Crippen molar-refractivity contribution in [1.82, 2.24) is 15.2 Å². The van der Waals surface area contributed by atoms with E-state index in [9.17, 15) is 9.59 Å². The van der Waals surface area contributed by atoms with E-state index in [1.807, 2.05) is 12.3 Å². The molecule has 2 N–H and O–H groups in total. The third-order valence-corrected chi connectivity index (χ3v) is 4.59. The molecule has 1 atom stereocenters. The fraction of sp³-hybridized carbons (Fsp3) is 0.643. The molecule has 0 bridgehead atoms. The Morgan fingerprint density at radius 2 is 2.38 bits per heavy atom. The number of rotatable bonds is 5. The lowest BCUT2D eigenvalue weighted by molar-refractivity contribution is -0.137. The number of hydrogen-bond donors (Lipinski definition) is 2. The second-order valence-corrected chi connectivity index (χ2v) is 6.38. The molecule has 2 amide bonds. The Balaban J connectivity index is 2.10. The summed E-state index contributed by atoms with van der Waals surface area (Å²) in [6.45, 7) is 7.65. The van der Waals surface area contributed by atoms with E-state index in [2.05, 4.69) is 27.4 Å². The molecule has 1 aromatic rings. The lowest BCUT2D eigenvalue weighted by atomic mass is 9.90. The van der Waals surface area contributed by atoms with Crippen molar-refractivity contribution in [3.63, 3.8) is 0 Å². The fourth-order valence-electron chi connectivity index (χ4n) is 2.68. The molecule has 0 radical (unpaired) electrons. The molecule has 0 aliphatic carbocycles. The van der Waals surface area contributed by atoms with Crippen molar-refractivity contribution in [3.05, 3.63) is 11.1 Å². The van der Waals surface area contributed by atoms with Crippen molar-refractivity contribution in [1.29, 1.82) is 0 Å². The first-order valence-corrected chi connectivity index (χ1v) is 8.09. The maximum atomic E-state index is 12.2. The van der Waals surface area contributed by atoms with Gasteiger partial charge in [-0.2, -0.15) is 0 Å². The second-order valence-electron chi connectivity index (χ2n) is 5.53. The van der Waals surface area contributed by atoms with Gasteiger partial charge < -0.3 is 10.6 Å². The summed E-state index contributed by atoms with van der Waals surface area (Å²) in [5, 5.41) is 8.18. The second kappa shape index (κ2) is 6.53. The minimum atomic E-state index is -0.481. The van der Waals surface area contributed by atoms with Gasteiger partial charge in [-0.25, -0.2) is 4.98 Å². The highest BCUT2D eigenvalue weighted by Gasteiger charge is 2.41. The zero-order chi connectivity index (χ0) is 15.5. The van der Waals surface area contributed by atoms with Gasteiger partial charge in [0.05, 0.1) is 11.2 Å². The fourth-order valence-corrected chi connectivity index (χ4v) is 3.43. The Morgan fingerprint density at radius 1 is 1.62 bits per heavy atom. The van der Waals surface area contributed by atoms with E-state index in [0.717, 1.165) is 25.1 Å². The number of anilines is 1. The molecular weight excluding hydrogens is 288 g/mol. The number of aromatic nitrogens is 1. The number of carbonyl (C=O) groups is 2. The quantitative estimate of drug-likeness (QED) is 0.866. The highest BCUT2D eigenvalue weighted by atomic mass is 32.1. The number of thiazole rings is 1. The van der Waals surface area contributed by atoms with Gasteiger partial charge in [0.2, 0.25) is 11.8 Å². The van der Waals surface area contributed by atoms with Gasteiger partial charge in [0.25, 0.3) is 0 Å². The summed E-state index contributed by atoms with van der Waals surface area (Å²) in [7, 11) is 0. The standard InChI is InChI=1S/C14H22N4O2S/c1-4-5-14(3)12(20)15-6-7-18(14)8-11-9-21-13(17-11)16-10(2)19/h9H,4-8H2,1-3H3,(H,15,20)(H,16,17,19). The summed E-state index contributed by atoms with van der Waals surface area (Å²) in [4.78, 5) is 29.9. The first-order chi connectivity index (χ1) is 9.95. The molecule has 116 valence electrons. The summed E-state index contributed by atoms with van der Waals surface area (Å²) in [5.41, 5.74) is 0.408. The number of hydrogen-bond acceptors (Lipinski definition) is 5. The number of nitrogens with zero attached hydrogens (tertiary/aromatic N) is 2. The normalized spacial score (nSPS) is 22.9. The molecule has 21 heavy (non-hydrogen) atoms. The van der Waals surface area contributed by atoms with Crippen LogP contribution in [-0.2, 0) is 16.1 Å². The monoisotopic (exact) mass is 310 g/mol. The van der Waals surface area contributed by atoms with E-state index in [1.165, 1.54) is 18.3 Å². The van der Waals surface area contributed by atoms with Gasteiger partial charge in [0.15, 0.2) is 5.13 Å². The van der Waals surface area contributed by atoms with Crippen LogP contribution in [0.4, 0.5) is 5.13 Å². The molecule has 1 fully saturated rings. The molecule has 1 aliphatic rings. The molecule has 1 aromatic heterocycles. The minimum Gasteiger partial charge on any atom is -0.353 e. The highest BCUT2D eigenvalue weighted by Crippen LogP contribution is 2.27. The SMILES string of the molecule is CCCC1(C)C(=O)NCCN1Cc1csc(NC(C)=O)n1. The molecular formula is C14H22N4O2S. The smallest absolute Gasteiger partial charge is 0.240 e. The third-order valence-electron chi connectivity index (χ3n) is 3.78. The van der Waals surface area contributed by atoms with Gasteiger partial charge in [0.1, 0.15) is 0 Å². The van der Waals surface area contributed by atoms with Crippen LogP contribution < -0.4 is 10.6 Å². The maximum absolute atomic E-state index is 12.2. The number of amides is 2. The first-order valence-electron chi connectivity index (χ1n) is 7.21. The van der Waals surface area contributed by atoms with Crippen LogP contribution in [0.25, 0.3) is 0 Å². The molecule has 0 saturated carbocycles. The molecule has 1 aliphatic heterocycles. The summed E-state index contributed by atoms with van der Waals surface area (Å²) in [6, 6.07) is 0. The van der Waals surface area contributed by atoms with Gasteiger partial charge in [-0.1, -0.05) is 13.3 Å². The average molecular weight is 310 g/mol. The maximum Gasteiger partial charge on any atom is 0.240 e. The number of nitrogens with one attached hydrogen (secondary N) is 2. The van der Waals surface area contributed by atoms with Crippen molar-refractivity contribution in [2.75, 3.05) is 18.4 Å². The molecule has 0 aromatic carbocycles. The van der Waals surface area contributed by atoms with Crippen molar-refractivity contribution in [3.8, 4) is 0 Å². The molecule has 1 saturated heterocycles. The molecule has 7 heteroatoms. The van der Waals surface area contributed by atoms with Crippen LogP contribution in [0.5, 0.6) is 0 Å². The van der Waals surface area contributed by atoms with E-state index < -0.39 is 5.54 Å². The van der Waals surface area contributed by atoms with Gasteiger partial charge in [-0.15, -0.1) is 11.3 Å². The van der Waals surface area contributed by atoms with Crippen LogP contribution in [0.3, 0.4) is 0 Å². The van der Waals surface area contributed by atoms with Gasteiger partial charge >= 0.3 is 0 Å². The zero-order valence-corrected chi connectivity index (χ0v) is 13.5. The molecule has 6 nitrogen and oxygen atoms in total. The van der Waals surface area contributed by atoms with Crippen LogP contribution in [0, 0.1) is 0 Å². The highest BCUT2D eigenvalue weighted by molar-refractivity contribution is 7.13. The predicted octanol–water partition coefficient (Wildman–Crippen LogP) is 1.59. The van der Waals surface area contributed by atoms with E-state index in [1.54, 1.807) is 0 Å². The van der Waals surface area contributed by atoms with Crippen LogP contribution >= 0.6 is 11.3 Å². The van der Waals surface area contributed by atoms with Crippen molar-refractivity contribution in [2.24, 2.45) is 0 Å². The Labute approximate surface area is 128 Å². The molecule has 2 heterocycles. The minimum absolute atomic E-state index is 0.0907. The van der Waals surface area contributed by atoms with Crippen LogP contribution in [0.2, 0.25) is 0 Å². The third kappa shape index (κ3) is 3.59. The van der Waals surface area contributed by atoms with Crippen LogP contribution in [0.1, 0.15) is 39.3 Å². The zero-order valence-electron chi connectivity index (χ0n) is 12.7. The Hall–Kier alpha value is -1.47. The Kier molecular flexibility index (Phi) is 4.95. The Bertz CT molecular complexity index is 531. The van der Waals surface area contributed by atoms with E-state index in [4.69, 9.17) is 0 Å². The number of carbonyl (C=O) groups excluding carboxylic acids is 2. The first kappa shape index (κ1) is 15.9. The topological polar surface area (TPSA) is 74.3 Å². The van der Waals surface area contributed by atoms with Crippen molar-refractivity contribution < 1.29 is 9.59 Å². The summed E-state index contributed by atoms with van der Waals surface area (Å²) >= 11 is 1.41. The van der Waals surface area contributed by atoms with Crippen LogP contribution in [0.15, 0.2) is 5.38 Å². The van der Waals surface area contributed by atoms with Gasteiger partial charge in [0, 0.05) is 31.9 Å². The molecule has 2 rings (SSSR count). The van der Waals surface area contributed by atoms with E-state index in [-0.39, 0.29) is 11.8 Å². The summed E-state index contributed by atoms with van der Waals surface area (Å²) in [5.74, 6) is -0.0306. The lowest BCUT2D eigenvalue weighted by Crippen LogP contribution is -2.62. The Morgan fingerprint density at radius 3 is 3.05 bits per heavy atom. The van der Waals surface area contributed by atoms with E-state index >= 15 is 0 Å².